The maximum atomic E-state index is 8.85. The number of hydrogen-bond acceptors (Lipinski definition) is 1. The molecule has 0 aliphatic rings. The summed E-state index contributed by atoms with van der Waals surface area (Å²) in [6, 6.07) is 16.7. The molecule has 0 aromatic heterocycles. The number of hydrogen-bond donors (Lipinski definition) is 1. The summed E-state index contributed by atoms with van der Waals surface area (Å²) in [6.07, 6.45) is 0. The van der Waals surface area contributed by atoms with Crippen LogP contribution in [-0.4, -0.2) is 13.1 Å². The average Bonchev–Trinajstić information content (AvgIpc) is 2.29. The van der Waals surface area contributed by atoms with E-state index >= 15 is 0 Å². The van der Waals surface area contributed by atoms with Crippen LogP contribution in [0, 0.1) is 0 Å². The highest BCUT2D eigenvalue weighted by Crippen LogP contribution is 2.11. The molecule has 2 aromatic rings. The predicted molar refractivity (Wildman–Crippen MR) is 73.8 cm³/mol. The van der Waals surface area contributed by atoms with Crippen LogP contribution in [0.4, 0.5) is 0 Å². The van der Waals surface area contributed by atoms with Gasteiger partial charge in [0.05, 0.1) is 0 Å². The molecule has 0 fully saturated rings. The van der Waals surface area contributed by atoms with Gasteiger partial charge in [0, 0.05) is 0 Å². The van der Waals surface area contributed by atoms with Crippen LogP contribution in [0.25, 0.3) is 10.8 Å². The molecule has 0 aliphatic carbocycles. The maximum absolute atomic E-state index is 8.85. The van der Waals surface area contributed by atoms with Crippen LogP contribution in [-0.2, 0) is 0 Å². The maximum Gasteiger partial charge on any atom is 0.206 e. The summed E-state index contributed by atoms with van der Waals surface area (Å²) in [5, 5.41) is 2.62. The highest BCUT2D eigenvalue weighted by atomic mass is 28.4. The monoisotopic (exact) mass is 230 g/mol. The van der Waals surface area contributed by atoms with E-state index in [4.69, 9.17) is 4.80 Å². The average molecular weight is 230 g/mol. The van der Waals surface area contributed by atoms with E-state index in [-0.39, 0.29) is 0 Å². The van der Waals surface area contributed by atoms with E-state index in [1.807, 2.05) is 13.1 Å². The molecule has 16 heavy (non-hydrogen) atoms. The van der Waals surface area contributed by atoms with Gasteiger partial charge in [0.15, 0.2) is 0 Å². The Morgan fingerprint density at radius 2 is 1.19 bits per heavy atom. The van der Waals surface area contributed by atoms with Gasteiger partial charge < -0.3 is 4.80 Å². The molecule has 0 atom stereocenters. The molecular formula is C14H18OSi. The Morgan fingerprint density at radius 1 is 0.938 bits per heavy atom. The second-order valence-electron chi connectivity index (χ2n) is 4.20. The first-order chi connectivity index (χ1) is 7.53. The lowest BCUT2D eigenvalue weighted by molar-refractivity contribution is 0.567. The smallest absolute Gasteiger partial charge is 0.206 e. The standard InChI is InChI=1S/C10H8.C4H10OSi/c1-2-6-10-8-4-3-7-9(10)5-1;1-4-6(2,3)5/h1-8H;4-5H,1H2,2-3H3. The fourth-order valence-corrected chi connectivity index (χ4v) is 1.13. The molecule has 2 rings (SSSR count). The first-order valence-electron chi connectivity index (χ1n) is 5.33. The van der Waals surface area contributed by atoms with E-state index in [1.165, 1.54) is 10.8 Å². The van der Waals surface area contributed by atoms with Crippen molar-refractivity contribution in [3.63, 3.8) is 0 Å². The summed E-state index contributed by atoms with van der Waals surface area (Å²) >= 11 is 0. The highest BCUT2D eigenvalue weighted by molar-refractivity contribution is 6.74. The van der Waals surface area contributed by atoms with Gasteiger partial charge in [-0.3, -0.25) is 0 Å². The SMILES string of the molecule is C=C[Si](C)(C)O.c1ccc2ccccc2c1. The third-order valence-corrected chi connectivity index (χ3v) is 3.16. The summed E-state index contributed by atoms with van der Waals surface area (Å²) in [6.45, 7) is 7.08. The lowest BCUT2D eigenvalue weighted by Gasteiger charge is -2.02. The molecule has 2 aromatic carbocycles. The Balaban J connectivity index is 0.000000187. The Morgan fingerprint density at radius 3 is 1.38 bits per heavy atom. The van der Waals surface area contributed by atoms with Crippen molar-refractivity contribution in [3.8, 4) is 0 Å². The molecule has 0 saturated heterocycles. The summed E-state index contributed by atoms with van der Waals surface area (Å²) in [7, 11) is -1.87. The van der Waals surface area contributed by atoms with Crippen LogP contribution >= 0.6 is 0 Å². The predicted octanol–water partition coefficient (Wildman–Crippen LogP) is 3.75. The minimum Gasteiger partial charge on any atom is -0.428 e. The minimum atomic E-state index is -1.87. The number of rotatable bonds is 1. The Bertz CT molecular complexity index is 392. The van der Waals surface area contributed by atoms with Crippen molar-refractivity contribution in [2.75, 3.05) is 0 Å². The van der Waals surface area contributed by atoms with Crippen molar-refractivity contribution >= 4 is 19.1 Å². The zero-order chi connectivity index (χ0) is 12.0. The summed E-state index contributed by atoms with van der Waals surface area (Å²) in [5.41, 5.74) is 1.63. The Kier molecular flexibility index (Phi) is 4.47. The fourth-order valence-electron chi connectivity index (χ4n) is 1.13. The zero-order valence-electron chi connectivity index (χ0n) is 9.85. The lowest BCUT2D eigenvalue weighted by atomic mass is 10.1. The van der Waals surface area contributed by atoms with Gasteiger partial charge in [-0.2, -0.15) is 0 Å². The van der Waals surface area contributed by atoms with E-state index in [0.717, 1.165) is 0 Å². The van der Waals surface area contributed by atoms with E-state index in [2.05, 4.69) is 55.1 Å². The third-order valence-electron chi connectivity index (χ3n) is 2.16. The van der Waals surface area contributed by atoms with Crippen molar-refractivity contribution in [1.29, 1.82) is 0 Å². The van der Waals surface area contributed by atoms with E-state index in [1.54, 1.807) is 5.70 Å². The Hall–Kier alpha value is -1.38. The third kappa shape index (κ3) is 4.42. The zero-order valence-corrected chi connectivity index (χ0v) is 10.9. The van der Waals surface area contributed by atoms with Gasteiger partial charge in [-0.05, 0) is 23.9 Å². The summed E-state index contributed by atoms with van der Waals surface area (Å²) in [4.78, 5) is 8.85. The van der Waals surface area contributed by atoms with Crippen molar-refractivity contribution in [2.24, 2.45) is 0 Å². The van der Waals surface area contributed by atoms with Gasteiger partial charge in [-0.15, -0.1) is 6.58 Å². The summed E-state index contributed by atoms with van der Waals surface area (Å²) in [5.74, 6) is 0. The van der Waals surface area contributed by atoms with Crippen LogP contribution in [0.5, 0.6) is 0 Å². The van der Waals surface area contributed by atoms with Crippen molar-refractivity contribution < 1.29 is 4.80 Å². The van der Waals surface area contributed by atoms with Gasteiger partial charge in [-0.25, -0.2) is 0 Å². The number of fused-ring (bicyclic) bond motifs is 1. The van der Waals surface area contributed by atoms with Crippen molar-refractivity contribution in [1.82, 2.24) is 0 Å². The fraction of sp³-hybridized carbons (Fsp3) is 0.143. The lowest BCUT2D eigenvalue weighted by Crippen LogP contribution is -2.20. The summed E-state index contributed by atoms with van der Waals surface area (Å²) < 4.78 is 0. The first kappa shape index (κ1) is 12.7. The molecule has 2 heteroatoms. The molecule has 1 nitrogen and oxygen atoms in total. The molecule has 0 radical (unpaired) electrons. The molecule has 84 valence electrons. The van der Waals surface area contributed by atoms with E-state index in [9.17, 15) is 0 Å². The second-order valence-corrected chi connectivity index (χ2v) is 7.92. The molecular weight excluding hydrogens is 212 g/mol. The molecule has 0 unspecified atom stereocenters. The van der Waals surface area contributed by atoms with Gasteiger partial charge >= 0.3 is 0 Å². The van der Waals surface area contributed by atoms with Crippen LogP contribution in [0.1, 0.15) is 0 Å². The molecule has 1 N–H and O–H groups in total. The van der Waals surface area contributed by atoms with Crippen LogP contribution in [0.15, 0.2) is 60.8 Å². The normalized spacial score (nSPS) is 10.4. The molecule has 0 saturated carbocycles. The number of benzene rings is 2. The van der Waals surface area contributed by atoms with Crippen LogP contribution in [0.2, 0.25) is 13.1 Å². The van der Waals surface area contributed by atoms with Gasteiger partial charge in [-0.1, -0.05) is 54.2 Å². The highest BCUT2D eigenvalue weighted by Gasteiger charge is 2.07. The topological polar surface area (TPSA) is 20.2 Å². The molecule has 0 heterocycles. The molecule has 0 amide bonds. The van der Waals surface area contributed by atoms with Gasteiger partial charge in [0.2, 0.25) is 8.32 Å². The Labute approximate surface area is 98.2 Å². The van der Waals surface area contributed by atoms with Crippen LogP contribution in [0.3, 0.4) is 0 Å². The molecule has 0 bridgehead atoms. The minimum absolute atomic E-state index is 1.31. The molecule has 0 aliphatic heterocycles. The quantitative estimate of drug-likeness (QED) is 0.740. The van der Waals surface area contributed by atoms with E-state index in [0.29, 0.717) is 0 Å². The van der Waals surface area contributed by atoms with Gasteiger partial charge in [0.1, 0.15) is 0 Å². The van der Waals surface area contributed by atoms with Gasteiger partial charge in [0.25, 0.3) is 0 Å². The molecule has 0 spiro atoms. The van der Waals surface area contributed by atoms with Crippen molar-refractivity contribution in [3.05, 3.63) is 60.8 Å². The largest absolute Gasteiger partial charge is 0.428 e. The van der Waals surface area contributed by atoms with Crippen LogP contribution < -0.4 is 0 Å². The first-order valence-corrected chi connectivity index (χ1v) is 8.35. The van der Waals surface area contributed by atoms with E-state index < -0.39 is 8.32 Å². The second kappa shape index (κ2) is 5.63. The van der Waals surface area contributed by atoms with Crippen molar-refractivity contribution in [2.45, 2.75) is 13.1 Å².